The molecule has 3 rings (SSSR count). The number of halogens is 5. The van der Waals surface area contributed by atoms with Crippen molar-refractivity contribution in [1.82, 2.24) is 4.98 Å². The van der Waals surface area contributed by atoms with Gasteiger partial charge in [0.05, 0.1) is 15.6 Å². The number of nitrogens with one attached hydrogen (secondary N) is 1. The fraction of sp³-hybridized carbons (Fsp3) is 0.0667. The summed E-state index contributed by atoms with van der Waals surface area (Å²) >= 11 is 28.8. The third-order valence-corrected chi connectivity index (χ3v) is 4.42. The van der Waals surface area contributed by atoms with Crippen molar-refractivity contribution in [2.24, 2.45) is 0 Å². The smallest absolute Gasteiger partial charge is 0.276 e. The summed E-state index contributed by atoms with van der Waals surface area (Å²) in [7, 11) is 0. The molecule has 1 aromatic heterocycles. The number of fused-ring (bicyclic) bond motifs is 1. The second-order valence-corrected chi connectivity index (χ2v) is 7.82. The summed E-state index contributed by atoms with van der Waals surface area (Å²) in [6.07, 6.45) is 0. The van der Waals surface area contributed by atoms with E-state index in [1.54, 1.807) is 36.4 Å². The number of alkyl halides is 3. The summed E-state index contributed by atoms with van der Waals surface area (Å²) in [5.41, 5.74) is 1.99. The van der Waals surface area contributed by atoms with Crippen LogP contribution in [0.25, 0.3) is 22.6 Å². The summed E-state index contributed by atoms with van der Waals surface area (Å²) in [6, 6.07) is 9.98. The lowest BCUT2D eigenvalue weighted by atomic mass is 10.2. The molecule has 0 unspecified atom stereocenters. The third kappa shape index (κ3) is 3.58. The van der Waals surface area contributed by atoms with Crippen LogP contribution in [0.5, 0.6) is 0 Å². The summed E-state index contributed by atoms with van der Waals surface area (Å²) in [5, 5.41) is 3.22. The van der Waals surface area contributed by atoms with Gasteiger partial charge in [-0.1, -0.05) is 64.1 Å². The van der Waals surface area contributed by atoms with Crippen molar-refractivity contribution in [1.29, 1.82) is 0 Å². The largest absolute Gasteiger partial charge is 0.436 e. The Morgan fingerprint density at radius 2 is 1.88 bits per heavy atom. The number of hydrogen-bond donors (Lipinski definition) is 1. The van der Waals surface area contributed by atoms with Crippen molar-refractivity contribution in [3.63, 3.8) is 0 Å². The van der Waals surface area contributed by atoms with Crippen LogP contribution < -0.4 is 5.32 Å². The van der Waals surface area contributed by atoms with E-state index < -0.39 is 9.70 Å². The van der Waals surface area contributed by atoms with Crippen molar-refractivity contribution in [2.45, 2.75) is 3.79 Å². The van der Waals surface area contributed by atoms with Gasteiger partial charge in [0.25, 0.3) is 9.70 Å². The highest BCUT2D eigenvalue weighted by molar-refractivity contribution is 6.76. The molecule has 0 aliphatic heterocycles. The van der Waals surface area contributed by atoms with E-state index in [0.717, 1.165) is 0 Å². The van der Waals surface area contributed by atoms with Crippen LogP contribution in [0, 0.1) is 0 Å². The number of carbonyl (C=O) groups is 1. The maximum Gasteiger partial charge on any atom is 0.276 e. The second kappa shape index (κ2) is 6.62. The second-order valence-electron chi connectivity index (χ2n) is 4.75. The van der Waals surface area contributed by atoms with E-state index in [4.69, 9.17) is 62.4 Å². The highest BCUT2D eigenvalue weighted by Gasteiger charge is 2.30. The van der Waals surface area contributed by atoms with Gasteiger partial charge < -0.3 is 9.73 Å². The van der Waals surface area contributed by atoms with Gasteiger partial charge in [-0.2, -0.15) is 0 Å². The molecule has 0 atom stereocenters. The molecule has 0 radical (unpaired) electrons. The number of amides is 1. The highest BCUT2D eigenvalue weighted by Crippen LogP contribution is 2.35. The molecule has 0 fully saturated rings. The molecule has 2 aromatic carbocycles. The lowest BCUT2D eigenvalue weighted by molar-refractivity contribution is -0.115. The SMILES string of the molecule is O=C(Nc1ccc2oc(-c3cccc(Cl)c3Cl)nc2c1)C(Cl)(Cl)Cl. The molecular formula is C15H7Cl5N2O2. The van der Waals surface area contributed by atoms with Crippen LogP contribution in [-0.4, -0.2) is 14.7 Å². The number of oxazole rings is 1. The van der Waals surface area contributed by atoms with Crippen molar-refractivity contribution < 1.29 is 9.21 Å². The zero-order chi connectivity index (χ0) is 17.5. The van der Waals surface area contributed by atoms with Gasteiger partial charge in [0.1, 0.15) is 5.52 Å². The van der Waals surface area contributed by atoms with Gasteiger partial charge in [-0.3, -0.25) is 4.79 Å². The van der Waals surface area contributed by atoms with Crippen molar-refractivity contribution in [3.05, 3.63) is 46.4 Å². The molecule has 0 aliphatic carbocycles. The number of nitrogens with zero attached hydrogens (tertiary/aromatic N) is 1. The minimum Gasteiger partial charge on any atom is -0.436 e. The van der Waals surface area contributed by atoms with Gasteiger partial charge in [-0.05, 0) is 30.3 Å². The van der Waals surface area contributed by atoms with Crippen LogP contribution in [0.3, 0.4) is 0 Å². The predicted octanol–water partition coefficient (Wildman–Crippen LogP) is 6.11. The minimum absolute atomic E-state index is 0.308. The highest BCUT2D eigenvalue weighted by atomic mass is 35.6. The molecule has 0 saturated heterocycles. The summed E-state index contributed by atoms with van der Waals surface area (Å²) in [6.45, 7) is 0. The Hall–Kier alpha value is -1.17. The van der Waals surface area contributed by atoms with Gasteiger partial charge in [-0.15, -0.1) is 0 Å². The van der Waals surface area contributed by atoms with Crippen molar-refractivity contribution >= 4 is 80.7 Å². The van der Waals surface area contributed by atoms with E-state index >= 15 is 0 Å². The van der Waals surface area contributed by atoms with Crippen LogP contribution in [0.4, 0.5) is 5.69 Å². The van der Waals surface area contributed by atoms with Crippen LogP contribution in [0.1, 0.15) is 0 Å². The van der Waals surface area contributed by atoms with Crippen molar-refractivity contribution in [3.8, 4) is 11.5 Å². The Labute approximate surface area is 161 Å². The summed E-state index contributed by atoms with van der Waals surface area (Å²) < 4.78 is 3.61. The molecule has 0 aliphatic rings. The Morgan fingerprint density at radius 1 is 1.12 bits per heavy atom. The Morgan fingerprint density at radius 3 is 2.58 bits per heavy atom. The first-order valence-electron chi connectivity index (χ1n) is 6.49. The van der Waals surface area contributed by atoms with Crippen LogP contribution in [0.15, 0.2) is 40.8 Å². The Kier molecular flexibility index (Phi) is 4.87. The standard InChI is InChI=1S/C15H7Cl5N2O2/c16-9-3-1-2-8(12(9)17)13-22-10-6-7(4-5-11(10)24-13)21-14(23)15(18,19)20/h1-6H,(H,21,23). The average Bonchev–Trinajstić information content (AvgIpc) is 2.92. The topological polar surface area (TPSA) is 55.1 Å². The zero-order valence-corrected chi connectivity index (χ0v) is 15.4. The van der Waals surface area contributed by atoms with E-state index in [1.807, 2.05) is 0 Å². The molecule has 0 bridgehead atoms. The molecule has 1 amide bonds. The van der Waals surface area contributed by atoms with Gasteiger partial charge in [0.15, 0.2) is 5.58 Å². The predicted molar refractivity (Wildman–Crippen MR) is 98.4 cm³/mol. The number of benzene rings is 2. The number of carbonyl (C=O) groups excluding carboxylic acids is 1. The molecule has 1 heterocycles. The number of hydrogen-bond acceptors (Lipinski definition) is 3. The normalized spacial score (nSPS) is 11.7. The van der Waals surface area contributed by atoms with Crippen LogP contribution in [-0.2, 0) is 4.79 Å². The van der Waals surface area contributed by atoms with Gasteiger partial charge in [0, 0.05) is 5.69 Å². The molecular weight excluding hydrogens is 417 g/mol. The van der Waals surface area contributed by atoms with Gasteiger partial charge >= 0.3 is 0 Å². The summed E-state index contributed by atoms with van der Waals surface area (Å²) in [4.78, 5) is 16.1. The number of aromatic nitrogens is 1. The van der Waals surface area contributed by atoms with Crippen molar-refractivity contribution in [2.75, 3.05) is 5.32 Å². The Balaban J connectivity index is 1.98. The third-order valence-electron chi connectivity index (χ3n) is 3.08. The first kappa shape index (κ1) is 17.6. The number of anilines is 1. The fourth-order valence-electron chi connectivity index (χ4n) is 1.99. The minimum atomic E-state index is -2.06. The first-order valence-corrected chi connectivity index (χ1v) is 8.38. The van der Waals surface area contributed by atoms with E-state index in [2.05, 4.69) is 10.3 Å². The number of rotatable bonds is 2. The monoisotopic (exact) mass is 422 g/mol. The molecule has 3 aromatic rings. The lowest BCUT2D eigenvalue weighted by Gasteiger charge is -2.10. The van der Waals surface area contributed by atoms with E-state index in [0.29, 0.717) is 38.3 Å². The van der Waals surface area contributed by atoms with E-state index in [1.165, 1.54) is 0 Å². The molecule has 0 saturated carbocycles. The average molecular weight is 424 g/mol. The molecule has 0 spiro atoms. The quantitative estimate of drug-likeness (QED) is 0.505. The Bertz CT molecular complexity index is 933. The first-order chi connectivity index (χ1) is 11.3. The van der Waals surface area contributed by atoms with E-state index in [-0.39, 0.29) is 0 Å². The molecule has 9 heteroatoms. The molecule has 124 valence electrons. The molecule has 1 N–H and O–H groups in total. The van der Waals surface area contributed by atoms with Crippen LogP contribution >= 0.6 is 58.0 Å². The maximum absolute atomic E-state index is 11.7. The maximum atomic E-state index is 11.7. The zero-order valence-electron chi connectivity index (χ0n) is 11.6. The summed E-state index contributed by atoms with van der Waals surface area (Å²) in [5.74, 6) is -0.462. The van der Waals surface area contributed by atoms with E-state index in [9.17, 15) is 4.79 Å². The molecule has 4 nitrogen and oxygen atoms in total. The van der Waals surface area contributed by atoms with Crippen LogP contribution in [0.2, 0.25) is 10.0 Å². The fourth-order valence-corrected chi connectivity index (χ4v) is 2.51. The van der Waals surface area contributed by atoms with Gasteiger partial charge in [0.2, 0.25) is 5.89 Å². The van der Waals surface area contributed by atoms with Gasteiger partial charge in [-0.25, -0.2) is 4.98 Å². The molecule has 24 heavy (non-hydrogen) atoms. The lowest BCUT2D eigenvalue weighted by Crippen LogP contribution is -2.26.